The molecule has 1 unspecified atom stereocenters. The molecule has 0 spiro atoms. The van der Waals surface area contributed by atoms with Gasteiger partial charge in [-0.1, -0.05) is 12.8 Å². The van der Waals surface area contributed by atoms with Crippen LogP contribution in [-0.4, -0.2) is 36.5 Å². The van der Waals surface area contributed by atoms with E-state index < -0.39 is 42.2 Å². The van der Waals surface area contributed by atoms with Crippen molar-refractivity contribution >= 4 is 17.8 Å². The number of esters is 1. The van der Waals surface area contributed by atoms with E-state index >= 15 is 0 Å². The molecule has 1 fully saturated rings. The molecule has 0 saturated heterocycles. The van der Waals surface area contributed by atoms with Crippen molar-refractivity contribution in [3.63, 3.8) is 0 Å². The molecule has 1 saturated carbocycles. The van der Waals surface area contributed by atoms with Crippen LogP contribution in [0.1, 0.15) is 48.5 Å². The van der Waals surface area contributed by atoms with Crippen molar-refractivity contribution in [2.75, 3.05) is 6.54 Å². The van der Waals surface area contributed by atoms with E-state index in [0.717, 1.165) is 49.9 Å². The van der Waals surface area contributed by atoms with Gasteiger partial charge in [-0.15, -0.1) is 0 Å². The first kappa shape index (κ1) is 20.7. The zero-order valence-corrected chi connectivity index (χ0v) is 14.8. The zero-order valence-electron chi connectivity index (χ0n) is 14.8. The van der Waals surface area contributed by atoms with Crippen LogP contribution >= 0.6 is 0 Å². The third-order valence-corrected chi connectivity index (χ3v) is 4.25. The molecule has 0 bridgehead atoms. The fraction of sp³-hybridized carbons (Fsp3) is 0.500. The maximum Gasteiger partial charge on any atom is 0.416 e. The number of hydrogen-bond donors (Lipinski definition) is 2. The van der Waals surface area contributed by atoms with Crippen molar-refractivity contribution in [2.24, 2.45) is 0 Å². The number of carbonyl (C=O) groups is 3. The van der Waals surface area contributed by atoms with Crippen molar-refractivity contribution in [3.8, 4) is 0 Å². The van der Waals surface area contributed by atoms with Crippen molar-refractivity contribution in [1.82, 2.24) is 10.6 Å². The fourth-order valence-electron chi connectivity index (χ4n) is 2.75. The molecule has 0 heterocycles. The van der Waals surface area contributed by atoms with Crippen molar-refractivity contribution in [2.45, 2.75) is 50.9 Å². The smallest absolute Gasteiger partial charge is 0.416 e. The lowest BCUT2D eigenvalue weighted by Crippen LogP contribution is -2.42. The maximum atomic E-state index is 12.5. The van der Waals surface area contributed by atoms with Crippen LogP contribution in [0.2, 0.25) is 0 Å². The van der Waals surface area contributed by atoms with Crippen LogP contribution in [0, 0.1) is 0 Å². The summed E-state index contributed by atoms with van der Waals surface area (Å²) in [4.78, 5) is 35.6. The van der Waals surface area contributed by atoms with Crippen molar-refractivity contribution in [1.29, 1.82) is 0 Å². The Bertz CT molecular complexity index is 683. The van der Waals surface area contributed by atoms with E-state index in [1.807, 2.05) is 0 Å². The zero-order chi connectivity index (χ0) is 20.0. The Kier molecular flexibility index (Phi) is 6.81. The summed E-state index contributed by atoms with van der Waals surface area (Å²) in [6.07, 6.45) is -1.59. The largest absolute Gasteiger partial charge is 0.451 e. The summed E-state index contributed by atoms with van der Waals surface area (Å²) in [6, 6.07) is 3.69. The normalized spacial score (nSPS) is 15.9. The summed E-state index contributed by atoms with van der Waals surface area (Å²) in [6.45, 7) is 0.931. The first-order valence-electron chi connectivity index (χ1n) is 8.62. The molecule has 1 aromatic rings. The van der Waals surface area contributed by atoms with E-state index in [2.05, 4.69) is 10.6 Å². The first-order valence-corrected chi connectivity index (χ1v) is 8.62. The van der Waals surface area contributed by atoms with Gasteiger partial charge in [0.25, 0.3) is 11.8 Å². The predicted molar refractivity (Wildman–Crippen MR) is 89.7 cm³/mol. The molecule has 1 aliphatic carbocycles. The molecular weight excluding hydrogens is 365 g/mol. The molecule has 2 amide bonds. The first-order chi connectivity index (χ1) is 12.7. The van der Waals surface area contributed by atoms with Crippen LogP contribution in [0.5, 0.6) is 0 Å². The standard InChI is InChI=1S/C18H21F3N2O4/c1-11(16(25)23-14-4-2-3-5-14)27-15(24)10-22-17(26)12-6-8-13(9-7-12)18(19,20)21/h6-9,11,14H,2-5,10H2,1H3,(H,22,26)(H,23,25). The highest BCUT2D eigenvalue weighted by Crippen LogP contribution is 2.29. The summed E-state index contributed by atoms with van der Waals surface area (Å²) in [5.74, 6) is -1.93. The summed E-state index contributed by atoms with van der Waals surface area (Å²) in [5.41, 5.74) is -0.900. The van der Waals surface area contributed by atoms with Crippen LogP contribution in [0.25, 0.3) is 0 Å². The topological polar surface area (TPSA) is 84.5 Å². The number of amides is 2. The van der Waals surface area contributed by atoms with Gasteiger partial charge in [-0.3, -0.25) is 14.4 Å². The number of hydrogen-bond acceptors (Lipinski definition) is 4. The van der Waals surface area contributed by atoms with E-state index in [9.17, 15) is 27.6 Å². The van der Waals surface area contributed by atoms with E-state index in [1.54, 1.807) is 0 Å². The molecule has 1 aliphatic rings. The molecule has 27 heavy (non-hydrogen) atoms. The van der Waals surface area contributed by atoms with E-state index in [1.165, 1.54) is 6.92 Å². The maximum absolute atomic E-state index is 12.5. The van der Waals surface area contributed by atoms with E-state index in [-0.39, 0.29) is 11.6 Å². The number of benzene rings is 1. The molecule has 1 atom stereocenters. The minimum absolute atomic E-state index is 0.0252. The van der Waals surface area contributed by atoms with Crippen LogP contribution in [0.4, 0.5) is 13.2 Å². The minimum atomic E-state index is -4.49. The number of rotatable bonds is 6. The van der Waals surface area contributed by atoms with Gasteiger partial charge in [0, 0.05) is 11.6 Å². The summed E-state index contributed by atoms with van der Waals surface area (Å²) in [5, 5.41) is 5.04. The monoisotopic (exact) mass is 386 g/mol. The van der Waals surface area contributed by atoms with Gasteiger partial charge in [0.1, 0.15) is 6.54 Å². The number of carbonyl (C=O) groups excluding carboxylic acids is 3. The lowest BCUT2D eigenvalue weighted by Gasteiger charge is -2.17. The Labute approximate surface area is 154 Å². The molecular formula is C18H21F3N2O4. The average molecular weight is 386 g/mol. The number of nitrogens with one attached hydrogen (secondary N) is 2. The third kappa shape index (κ3) is 6.26. The van der Waals surface area contributed by atoms with Crippen LogP contribution in [0.3, 0.4) is 0 Å². The SMILES string of the molecule is CC(OC(=O)CNC(=O)c1ccc(C(F)(F)F)cc1)C(=O)NC1CCCC1. The highest BCUT2D eigenvalue weighted by atomic mass is 19.4. The van der Waals surface area contributed by atoms with Crippen LogP contribution < -0.4 is 10.6 Å². The fourth-order valence-corrected chi connectivity index (χ4v) is 2.75. The van der Waals surface area contributed by atoms with Gasteiger partial charge >= 0.3 is 12.1 Å². The molecule has 2 rings (SSSR count). The summed E-state index contributed by atoms with van der Waals surface area (Å²) >= 11 is 0. The molecule has 9 heteroatoms. The lowest BCUT2D eigenvalue weighted by molar-refractivity contribution is -0.154. The Morgan fingerprint density at radius 1 is 1.15 bits per heavy atom. The Morgan fingerprint density at radius 2 is 1.74 bits per heavy atom. The second kappa shape index (κ2) is 8.88. The van der Waals surface area contributed by atoms with Gasteiger partial charge in [0.15, 0.2) is 6.10 Å². The van der Waals surface area contributed by atoms with Gasteiger partial charge in [0.2, 0.25) is 0 Å². The van der Waals surface area contributed by atoms with E-state index in [4.69, 9.17) is 4.74 Å². The van der Waals surface area contributed by atoms with Crippen molar-refractivity contribution in [3.05, 3.63) is 35.4 Å². The van der Waals surface area contributed by atoms with Gasteiger partial charge in [-0.25, -0.2) is 0 Å². The Morgan fingerprint density at radius 3 is 2.30 bits per heavy atom. The number of ether oxygens (including phenoxy) is 1. The molecule has 1 aromatic carbocycles. The van der Waals surface area contributed by atoms with Crippen molar-refractivity contribution < 1.29 is 32.3 Å². The van der Waals surface area contributed by atoms with Crippen LogP contribution in [0.15, 0.2) is 24.3 Å². The van der Waals surface area contributed by atoms with Gasteiger partial charge in [0.05, 0.1) is 5.56 Å². The predicted octanol–water partition coefficient (Wildman–Crippen LogP) is 2.43. The number of alkyl halides is 3. The Hall–Kier alpha value is -2.58. The highest BCUT2D eigenvalue weighted by molar-refractivity contribution is 5.96. The van der Waals surface area contributed by atoms with Gasteiger partial charge < -0.3 is 15.4 Å². The van der Waals surface area contributed by atoms with Gasteiger partial charge in [-0.2, -0.15) is 13.2 Å². The minimum Gasteiger partial charge on any atom is -0.451 e. The molecule has 0 radical (unpaired) electrons. The molecule has 0 aromatic heterocycles. The second-order valence-corrected chi connectivity index (χ2v) is 6.38. The van der Waals surface area contributed by atoms with E-state index in [0.29, 0.717) is 0 Å². The second-order valence-electron chi connectivity index (χ2n) is 6.38. The number of halogens is 3. The molecule has 148 valence electrons. The molecule has 6 nitrogen and oxygen atoms in total. The average Bonchev–Trinajstić information content (AvgIpc) is 3.12. The lowest BCUT2D eigenvalue weighted by atomic mass is 10.1. The third-order valence-electron chi connectivity index (χ3n) is 4.25. The molecule has 0 aliphatic heterocycles. The quantitative estimate of drug-likeness (QED) is 0.736. The van der Waals surface area contributed by atoms with Gasteiger partial charge in [-0.05, 0) is 44.0 Å². The Balaban J connectivity index is 1.77. The highest BCUT2D eigenvalue weighted by Gasteiger charge is 2.30. The van der Waals surface area contributed by atoms with Crippen LogP contribution in [-0.2, 0) is 20.5 Å². The summed E-state index contributed by atoms with van der Waals surface area (Å²) < 4.78 is 42.4. The molecule has 2 N–H and O–H groups in total. The summed E-state index contributed by atoms with van der Waals surface area (Å²) in [7, 11) is 0.